The minimum absolute atomic E-state index is 0.304. The van der Waals surface area contributed by atoms with Crippen LogP contribution in [0.25, 0.3) is 0 Å². The smallest absolute Gasteiger partial charge is 0.146 e. The lowest BCUT2D eigenvalue weighted by Crippen LogP contribution is -2.40. The molecular formula is C15H15Cl2N3. The van der Waals surface area contributed by atoms with E-state index in [0.717, 1.165) is 18.8 Å². The van der Waals surface area contributed by atoms with E-state index in [4.69, 9.17) is 23.2 Å². The van der Waals surface area contributed by atoms with Crippen LogP contribution in [0.4, 0.5) is 5.82 Å². The normalized spacial score (nSPS) is 17.9. The van der Waals surface area contributed by atoms with Crippen molar-refractivity contribution in [3.63, 3.8) is 0 Å². The number of hydrogen-bond donors (Lipinski definition) is 1. The largest absolute Gasteiger partial charge is 0.292 e. The van der Waals surface area contributed by atoms with Crippen LogP contribution < -0.4 is 10.4 Å². The molecule has 0 saturated heterocycles. The topological polar surface area (TPSA) is 28.2 Å². The van der Waals surface area contributed by atoms with Crippen molar-refractivity contribution in [2.75, 3.05) is 18.6 Å². The van der Waals surface area contributed by atoms with Crippen molar-refractivity contribution in [2.24, 2.45) is 0 Å². The zero-order valence-electron chi connectivity index (χ0n) is 11.1. The van der Waals surface area contributed by atoms with E-state index in [2.05, 4.69) is 21.5 Å². The zero-order chi connectivity index (χ0) is 14.1. The number of nitrogens with zero attached hydrogens (tertiary/aromatic N) is 2. The summed E-state index contributed by atoms with van der Waals surface area (Å²) in [5.41, 5.74) is 5.58. The Bertz CT molecular complexity index is 630. The Labute approximate surface area is 128 Å². The second-order valence-corrected chi connectivity index (χ2v) is 5.62. The fourth-order valence-corrected chi connectivity index (χ4v) is 3.03. The summed E-state index contributed by atoms with van der Waals surface area (Å²) in [4.78, 5) is 4.49. The van der Waals surface area contributed by atoms with Crippen molar-refractivity contribution in [1.29, 1.82) is 0 Å². The number of benzene rings is 1. The minimum Gasteiger partial charge on any atom is -0.292 e. The molecule has 2 aromatic rings. The van der Waals surface area contributed by atoms with Crippen LogP contribution in [-0.2, 0) is 0 Å². The third-order valence-corrected chi connectivity index (χ3v) is 4.44. The number of hydrogen-bond acceptors (Lipinski definition) is 3. The summed E-state index contributed by atoms with van der Waals surface area (Å²) >= 11 is 12.1. The number of anilines is 1. The highest BCUT2D eigenvalue weighted by molar-refractivity contribution is 6.42. The highest BCUT2D eigenvalue weighted by Gasteiger charge is 2.26. The summed E-state index contributed by atoms with van der Waals surface area (Å²) in [6.45, 7) is 0.908. The van der Waals surface area contributed by atoms with Crippen LogP contribution in [0.1, 0.15) is 23.5 Å². The lowest BCUT2D eigenvalue weighted by atomic mass is 9.86. The van der Waals surface area contributed by atoms with Crippen molar-refractivity contribution in [2.45, 2.75) is 12.3 Å². The second-order valence-electron chi connectivity index (χ2n) is 4.81. The molecule has 0 unspecified atom stereocenters. The molecule has 0 amide bonds. The van der Waals surface area contributed by atoms with Gasteiger partial charge in [-0.1, -0.05) is 35.3 Å². The van der Waals surface area contributed by atoms with Crippen LogP contribution in [0.2, 0.25) is 10.0 Å². The SMILES string of the molecule is CNN1CC[C@@H](c2ccc(Cl)c(Cl)c2)c2cccnc21. The molecule has 1 N–H and O–H groups in total. The predicted octanol–water partition coefficient (Wildman–Crippen LogP) is 3.86. The highest BCUT2D eigenvalue weighted by atomic mass is 35.5. The lowest BCUT2D eigenvalue weighted by Gasteiger charge is -2.34. The summed E-state index contributed by atoms with van der Waals surface area (Å²) < 4.78 is 0. The molecule has 5 heteroatoms. The molecule has 1 aliphatic heterocycles. The Morgan fingerprint density at radius 1 is 1.25 bits per heavy atom. The molecule has 104 valence electrons. The van der Waals surface area contributed by atoms with Crippen molar-refractivity contribution in [1.82, 2.24) is 10.4 Å². The average molecular weight is 308 g/mol. The number of fused-ring (bicyclic) bond motifs is 1. The summed E-state index contributed by atoms with van der Waals surface area (Å²) in [6, 6.07) is 9.96. The van der Waals surface area contributed by atoms with Gasteiger partial charge in [-0.3, -0.25) is 5.01 Å². The van der Waals surface area contributed by atoms with Gasteiger partial charge in [0.25, 0.3) is 0 Å². The molecule has 3 nitrogen and oxygen atoms in total. The molecule has 2 heterocycles. The first kappa shape index (κ1) is 13.7. The highest BCUT2D eigenvalue weighted by Crippen LogP contribution is 2.38. The molecule has 0 radical (unpaired) electrons. The van der Waals surface area contributed by atoms with E-state index < -0.39 is 0 Å². The third kappa shape index (κ3) is 2.37. The lowest BCUT2D eigenvalue weighted by molar-refractivity contribution is 0.583. The van der Waals surface area contributed by atoms with Crippen LogP contribution in [0, 0.1) is 0 Å². The average Bonchev–Trinajstić information content (AvgIpc) is 2.49. The van der Waals surface area contributed by atoms with Gasteiger partial charge in [-0.05, 0) is 30.2 Å². The zero-order valence-corrected chi connectivity index (χ0v) is 12.6. The molecular weight excluding hydrogens is 293 g/mol. The summed E-state index contributed by atoms with van der Waals surface area (Å²) in [7, 11) is 1.91. The van der Waals surface area contributed by atoms with Gasteiger partial charge >= 0.3 is 0 Å². The Morgan fingerprint density at radius 2 is 2.10 bits per heavy atom. The van der Waals surface area contributed by atoms with E-state index in [1.54, 1.807) is 0 Å². The summed E-state index contributed by atoms with van der Waals surface area (Å²) in [6.07, 6.45) is 2.83. The third-order valence-electron chi connectivity index (χ3n) is 3.71. The van der Waals surface area contributed by atoms with E-state index in [1.807, 2.05) is 37.5 Å². The van der Waals surface area contributed by atoms with E-state index in [1.165, 1.54) is 11.1 Å². The maximum atomic E-state index is 6.15. The van der Waals surface area contributed by atoms with Gasteiger partial charge in [0.05, 0.1) is 10.0 Å². The minimum atomic E-state index is 0.304. The first-order valence-electron chi connectivity index (χ1n) is 6.55. The van der Waals surface area contributed by atoms with Gasteiger partial charge in [-0.15, -0.1) is 0 Å². The van der Waals surface area contributed by atoms with Gasteiger partial charge in [0.15, 0.2) is 0 Å². The standard InChI is InChI=1S/C15H15Cl2N3/c1-18-20-8-6-11(12-3-2-7-19-15(12)20)10-4-5-13(16)14(17)9-10/h2-5,7,9,11,18H,6,8H2,1H3/t11-/m0/s1. The Morgan fingerprint density at radius 3 is 2.85 bits per heavy atom. The molecule has 0 fully saturated rings. The fraction of sp³-hybridized carbons (Fsp3) is 0.267. The molecule has 1 aliphatic rings. The van der Waals surface area contributed by atoms with Crippen LogP contribution in [0.15, 0.2) is 36.5 Å². The van der Waals surface area contributed by atoms with Crippen molar-refractivity contribution in [3.05, 3.63) is 57.7 Å². The van der Waals surface area contributed by atoms with Crippen molar-refractivity contribution < 1.29 is 0 Å². The fourth-order valence-electron chi connectivity index (χ4n) is 2.72. The van der Waals surface area contributed by atoms with E-state index in [0.29, 0.717) is 16.0 Å². The van der Waals surface area contributed by atoms with Gasteiger partial charge in [0.2, 0.25) is 0 Å². The van der Waals surface area contributed by atoms with Gasteiger partial charge in [-0.25, -0.2) is 10.4 Å². The maximum absolute atomic E-state index is 6.15. The molecule has 0 bridgehead atoms. The monoisotopic (exact) mass is 307 g/mol. The number of rotatable bonds is 2. The molecule has 0 spiro atoms. The molecule has 1 atom stereocenters. The Hall–Kier alpha value is -1.29. The molecule has 1 aromatic heterocycles. The van der Waals surface area contributed by atoms with Gasteiger partial charge in [0.1, 0.15) is 5.82 Å². The summed E-state index contributed by atoms with van der Waals surface area (Å²) in [5.74, 6) is 1.29. The quantitative estimate of drug-likeness (QED) is 0.913. The molecule has 20 heavy (non-hydrogen) atoms. The first-order valence-corrected chi connectivity index (χ1v) is 7.31. The number of aromatic nitrogens is 1. The Kier molecular flexibility index (Phi) is 3.83. The molecule has 0 saturated carbocycles. The Balaban J connectivity index is 2.05. The van der Waals surface area contributed by atoms with Gasteiger partial charge in [0, 0.05) is 31.3 Å². The van der Waals surface area contributed by atoms with Crippen molar-refractivity contribution >= 4 is 29.0 Å². The second kappa shape index (κ2) is 5.60. The van der Waals surface area contributed by atoms with E-state index in [-0.39, 0.29) is 0 Å². The number of halogens is 2. The summed E-state index contributed by atoms with van der Waals surface area (Å²) in [5, 5.41) is 3.27. The molecule has 3 rings (SSSR count). The van der Waals surface area contributed by atoms with Crippen LogP contribution in [-0.4, -0.2) is 18.6 Å². The van der Waals surface area contributed by atoms with Gasteiger partial charge in [-0.2, -0.15) is 0 Å². The molecule has 1 aromatic carbocycles. The van der Waals surface area contributed by atoms with E-state index in [9.17, 15) is 0 Å². The van der Waals surface area contributed by atoms with Gasteiger partial charge < -0.3 is 0 Å². The van der Waals surface area contributed by atoms with Crippen LogP contribution in [0.5, 0.6) is 0 Å². The number of hydrazine groups is 1. The van der Waals surface area contributed by atoms with Crippen LogP contribution in [0.3, 0.4) is 0 Å². The molecule has 0 aliphatic carbocycles. The van der Waals surface area contributed by atoms with Crippen molar-refractivity contribution in [3.8, 4) is 0 Å². The first-order chi connectivity index (χ1) is 9.70. The number of pyridine rings is 1. The van der Waals surface area contributed by atoms with Crippen LogP contribution >= 0.6 is 23.2 Å². The predicted molar refractivity (Wildman–Crippen MR) is 83.6 cm³/mol. The van der Waals surface area contributed by atoms with E-state index >= 15 is 0 Å². The number of nitrogens with one attached hydrogen (secondary N) is 1. The maximum Gasteiger partial charge on any atom is 0.146 e.